The summed E-state index contributed by atoms with van der Waals surface area (Å²) in [6.07, 6.45) is 9.69. The molecule has 2 aromatic rings. The van der Waals surface area contributed by atoms with Crippen LogP contribution in [-0.2, 0) is 6.54 Å². The molecule has 0 N–H and O–H groups in total. The Morgan fingerprint density at radius 2 is 2.47 bits per heavy atom. The molecule has 0 saturated heterocycles. The lowest BCUT2D eigenvalue weighted by atomic mass is 10.3. The van der Waals surface area contributed by atoms with Gasteiger partial charge in [-0.05, 0) is 18.6 Å². The molecule has 0 unspecified atom stereocenters. The van der Waals surface area contributed by atoms with E-state index in [9.17, 15) is 0 Å². The minimum Gasteiger partial charge on any atom is -0.233 e. The van der Waals surface area contributed by atoms with Crippen molar-refractivity contribution in [2.75, 3.05) is 0 Å². The Morgan fingerprint density at radius 3 is 3.20 bits per heavy atom. The Bertz CT molecular complexity index is 471. The van der Waals surface area contributed by atoms with E-state index >= 15 is 0 Å². The zero-order chi connectivity index (χ0) is 10.7. The quantitative estimate of drug-likeness (QED) is 0.545. The third-order valence-corrected chi connectivity index (χ3v) is 2.20. The zero-order valence-electron chi connectivity index (χ0n) is 8.80. The highest BCUT2D eigenvalue weighted by Gasteiger charge is 2.06. The highest BCUT2D eigenvalue weighted by atomic mass is 15.1. The molecule has 0 atom stereocenters. The molecule has 2 heterocycles. The third kappa shape index (κ3) is 2.13. The summed E-state index contributed by atoms with van der Waals surface area (Å²) >= 11 is 0. The first-order chi connectivity index (χ1) is 7.29. The average molecular weight is 200 g/mol. The summed E-state index contributed by atoms with van der Waals surface area (Å²) < 4.78 is 4.05. The average Bonchev–Trinajstić information content (AvgIpc) is 2.67. The van der Waals surface area contributed by atoms with Gasteiger partial charge in [0.15, 0.2) is 0 Å². The van der Waals surface area contributed by atoms with Gasteiger partial charge in [0, 0.05) is 12.3 Å². The van der Waals surface area contributed by atoms with E-state index in [1.165, 1.54) is 5.56 Å². The lowest BCUT2D eigenvalue weighted by Crippen LogP contribution is -2.29. The molecule has 0 amide bonds. The summed E-state index contributed by atoms with van der Waals surface area (Å²) in [4.78, 5) is 4.31. The van der Waals surface area contributed by atoms with E-state index in [-0.39, 0.29) is 0 Å². The molecule has 0 radical (unpaired) electrons. The van der Waals surface area contributed by atoms with E-state index in [4.69, 9.17) is 0 Å². The number of hydrogen-bond acceptors (Lipinski definition) is 1. The first-order valence-electron chi connectivity index (χ1n) is 4.90. The summed E-state index contributed by atoms with van der Waals surface area (Å²) in [5.74, 6) is 0.942. The number of hydrogen-bond donors (Lipinski definition) is 0. The molecule has 3 heteroatoms. The number of pyridine rings is 1. The molecular formula is C12H14N3+. The van der Waals surface area contributed by atoms with Gasteiger partial charge in [0.2, 0.25) is 12.1 Å². The van der Waals surface area contributed by atoms with E-state index in [1.54, 1.807) is 0 Å². The number of nitrogens with zero attached hydrogens (tertiary/aromatic N) is 3. The fraction of sp³-hybridized carbons (Fsp3) is 0.167. The van der Waals surface area contributed by atoms with Crippen molar-refractivity contribution in [3.63, 3.8) is 0 Å². The van der Waals surface area contributed by atoms with Crippen molar-refractivity contribution >= 4 is 0 Å². The van der Waals surface area contributed by atoms with Crippen molar-refractivity contribution in [3.8, 4) is 5.82 Å². The van der Waals surface area contributed by atoms with Crippen molar-refractivity contribution < 1.29 is 4.57 Å². The normalized spacial score (nSPS) is 10.2. The maximum Gasteiger partial charge on any atom is 0.250 e. The summed E-state index contributed by atoms with van der Waals surface area (Å²) in [6.45, 7) is 6.59. The van der Waals surface area contributed by atoms with Gasteiger partial charge in [0.1, 0.15) is 18.9 Å². The van der Waals surface area contributed by atoms with Gasteiger partial charge in [-0.2, -0.15) is 4.57 Å². The molecule has 3 nitrogen and oxygen atoms in total. The van der Waals surface area contributed by atoms with Crippen LogP contribution in [0.5, 0.6) is 0 Å². The molecule has 2 aromatic heterocycles. The van der Waals surface area contributed by atoms with Crippen molar-refractivity contribution in [2.45, 2.75) is 13.5 Å². The number of aromatic nitrogens is 3. The fourth-order valence-corrected chi connectivity index (χ4v) is 1.45. The van der Waals surface area contributed by atoms with Gasteiger partial charge in [0.05, 0.1) is 0 Å². The van der Waals surface area contributed by atoms with E-state index in [2.05, 4.69) is 29.1 Å². The van der Waals surface area contributed by atoms with E-state index in [0.717, 1.165) is 12.4 Å². The van der Waals surface area contributed by atoms with Crippen molar-refractivity contribution in [3.05, 3.63) is 55.3 Å². The first kappa shape index (κ1) is 9.65. The lowest BCUT2D eigenvalue weighted by molar-refractivity contribution is -0.686. The molecule has 0 fully saturated rings. The molecule has 0 saturated carbocycles. The van der Waals surface area contributed by atoms with Crippen LogP contribution in [0.4, 0.5) is 0 Å². The van der Waals surface area contributed by atoms with Gasteiger partial charge in [-0.3, -0.25) is 0 Å². The van der Waals surface area contributed by atoms with Crippen LogP contribution in [0.15, 0.2) is 49.7 Å². The standard InChI is InChI=1S/C12H14N3/c1-3-6-14-7-8-15(10-14)12-9-11(2)4-5-13-12/h3-5,7-10H,1,6H2,2H3/q+1. The van der Waals surface area contributed by atoms with Gasteiger partial charge in [0.25, 0.3) is 0 Å². The van der Waals surface area contributed by atoms with Gasteiger partial charge >= 0.3 is 0 Å². The van der Waals surface area contributed by atoms with Gasteiger partial charge in [-0.1, -0.05) is 12.7 Å². The second-order valence-electron chi connectivity index (χ2n) is 3.50. The number of rotatable bonds is 3. The van der Waals surface area contributed by atoms with Crippen LogP contribution >= 0.6 is 0 Å². The van der Waals surface area contributed by atoms with Crippen molar-refractivity contribution in [1.29, 1.82) is 0 Å². The van der Waals surface area contributed by atoms with Gasteiger partial charge in [-0.15, -0.1) is 0 Å². The summed E-state index contributed by atoms with van der Waals surface area (Å²) in [6, 6.07) is 4.04. The van der Waals surface area contributed by atoms with E-state index in [0.29, 0.717) is 0 Å². The highest BCUT2D eigenvalue weighted by Crippen LogP contribution is 2.04. The number of aryl methyl sites for hydroxylation is 1. The summed E-state index contributed by atoms with van der Waals surface area (Å²) in [5, 5.41) is 0. The second kappa shape index (κ2) is 4.09. The van der Waals surface area contributed by atoms with Crippen molar-refractivity contribution in [2.24, 2.45) is 0 Å². The number of allylic oxidation sites excluding steroid dienone is 1. The van der Waals surface area contributed by atoms with Crippen LogP contribution in [0.25, 0.3) is 5.82 Å². The van der Waals surface area contributed by atoms with Crippen LogP contribution in [0.3, 0.4) is 0 Å². The smallest absolute Gasteiger partial charge is 0.233 e. The van der Waals surface area contributed by atoms with Crippen molar-refractivity contribution in [1.82, 2.24) is 9.55 Å². The van der Waals surface area contributed by atoms with Gasteiger partial charge < -0.3 is 0 Å². The minimum absolute atomic E-state index is 0.818. The zero-order valence-corrected chi connectivity index (χ0v) is 8.80. The van der Waals surface area contributed by atoms with Crippen LogP contribution < -0.4 is 4.57 Å². The summed E-state index contributed by atoms with van der Waals surface area (Å²) in [7, 11) is 0. The topological polar surface area (TPSA) is 21.7 Å². The van der Waals surface area contributed by atoms with Crippen LogP contribution in [-0.4, -0.2) is 9.55 Å². The molecular weight excluding hydrogens is 186 g/mol. The molecule has 0 aromatic carbocycles. The van der Waals surface area contributed by atoms with E-state index in [1.807, 2.05) is 41.6 Å². The largest absolute Gasteiger partial charge is 0.250 e. The molecule has 0 spiro atoms. The Hall–Kier alpha value is -1.90. The fourth-order valence-electron chi connectivity index (χ4n) is 1.45. The molecule has 15 heavy (non-hydrogen) atoms. The minimum atomic E-state index is 0.818. The Balaban J connectivity index is 2.32. The Morgan fingerprint density at radius 1 is 1.60 bits per heavy atom. The highest BCUT2D eigenvalue weighted by molar-refractivity contribution is 5.26. The molecule has 0 aliphatic rings. The van der Waals surface area contributed by atoms with Crippen LogP contribution in [0.1, 0.15) is 5.56 Å². The van der Waals surface area contributed by atoms with Crippen LogP contribution in [0, 0.1) is 6.92 Å². The monoisotopic (exact) mass is 200 g/mol. The number of imidazole rings is 1. The molecule has 2 rings (SSSR count). The predicted octanol–water partition coefficient (Wildman–Crippen LogP) is 1.65. The first-order valence-corrected chi connectivity index (χ1v) is 4.90. The van der Waals surface area contributed by atoms with Crippen LogP contribution in [0.2, 0.25) is 0 Å². The predicted molar refractivity (Wildman–Crippen MR) is 58.7 cm³/mol. The lowest BCUT2D eigenvalue weighted by Gasteiger charge is -1.95. The summed E-state index contributed by atoms with van der Waals surface area (Å²) in [5.41, 5.74) is 1.21. The molecule has 0 bridgehead atoms. The van der Waals surface area contributed by atoms with Gasteiger partial charge in [-0.25, -0.2) is 9.55 Å². The Labute approximate surface area is 89.3 Å². The maximum atomic E-state index is 4.31. The molecule has 76 valence electrons. The molecule has 0 aliphatic carbocycles. The molecule has 0 aliphatic heterocycles. The third-order valence-electron chi connectivity index (χ3n) is 2.20. The maximum absolute atomic E-state index is 4.31. The Kier molecular flexibility index (Phi) is 2.63. The second-order valence-corrected chi connectivity index (χ2v) is 3.50. The van der Waals surface area contributed by atoms with E-state index < -0.39 is 0 Å². The SMILES string of the molecule is C=CC[n+]1ccn(-c2cc(C)ccn2)c1.